The van der Waals surface area contributed by atoms with Crippen molar-refractivity contribution >= 4 is 5.69 Å². The minimum absolute atomic E-state index is 0.231. The van der Waals surface area contributed by atoms with Crippen LogP contribution < -0.4 is 5.73 Å². The van der Waals surface area contributed by atoms with Gasteiger partial charge in [0.05, 0.1) is 5.69 Å². The lowest BCUT2D eigenvalue weighted by molar-refractivity contribution is 0.317. The summed E-state index contributed by atoms with van der Waals surface area (Å²) >= 11 is 0. The fourth-order valence-corrected chi connectivity index (χ4v) is 2.08. The first-order valence-corrected chi connectivity index (χ1v) is 4.93. The molecule has 0 aliphatic carbocycles. The fraction of sp³-hybridized carbons (Fsp3) is 0.455. The second kappa shape index (κ2) is 3.58. The van der Waals surface area contributed by atoms with E-state index in [1.165, 1.54) is 6.42 Å². The molecule has 0 radical (unpaired) electrons. The summed E-state index contributed by atoms with van der Waals surface area (Å²) in [6.45, 7) is 1.09. The van der Waals surface area contributed by atoms with Gasteiger partial charge in [0.2, 0.25) is 0 Å². The van der Waals surface area contributed by atoms with Crippen molar-refractivity contribution in [2.75, 3.05) is 19.3 Å². The molecule has 2 nitrogen and oxygen atoms in total. The molecule has 0 saturated carbocycles. The number of hydrogen-bond acceptors (Lipinski definition) is 2. The first kappa shape index (κ1) is 9.46. The van der Waals surface area contributed by atoms with E-state index < -0.39 is 0 Å². The highest BCUT2D eigenvalue weighted by Crippen LogP contribution is 2.31. The lowest BCUT2D eigenvalue weighted by Crippen LogP contribution is -2.17. The van der Waals surface area contributed by atoms with E-state index in [9.17, 15) is 4.39 Å². The van der Waals surface area contributed by atoms with Crippen molar-refractivity contribution in [3.05, 3.63) is 29.6 Å². The van der Waals surface area contributed by atoms with Crippen LogP contribution in [0.4, 0.5) is 10.1 Å². The fourth-order valence-electron chi connectivity index (χ4n) is 2.08. The number of hydrogen-bond donors (Lipinski definition) is 1. The molecule has 0 spiro atoms. The van der Waals surface area contributed by atoms with Crippen LogP contribution >= 0.6 is 0 Å². The SMILES string of the molecule is CN1CCCC1c1ccc(N)c(F)c1. The van der Waals surface area contributed by atoms with Crippen molar-refractivity contribution < 1.29 is 4.39 Å². The van der Waals surface area contributed by atoms with Crippen LogP contribution in [0.2, 0.25) is 0 Å². The van der Waals surface area contributed by atoms with Gasteiger partial charge in [0.1, 0.15) is 5.82 Å². The van der Waals surface area contributed by atoms with Crippen LogP contribution in [0.5, 0.6) is 0 Å². The topological polar surface area (TPSA) is 29.3 Å². The first-order chi connectivity index (χ1) is 6.68. The van der Waals surface area contributed by atoms with Gasteiger partial charge in [-0.25, -0.2) is 4.39 Å². The number of likely N-dealkylation sites (tertiary alicyclic amines) is 1. The Morgan fingerprint density at radius 2 is 2.29 bits per heavy atom. The van der Waals surface area contributed by atoms with Crippen molar-refractivity contribution in [3.8, 4) is 0 Å². The smallest absolute Gasteiger partial charge is 0.146 e. The highest BCUT2D eigenvalue weighted by molar-refractivity contribution is 5.42. The number of nitrogen functional groups attached to an aromatic ring is 1. The number of halogens is 1. The van der Waals surface area contributed by atoms with Crippen molar-refractivity contribution in [2.45, 2.75) is 18.9 Å². The van der Waals surface area contributed by atoms with Gasteiger partial charge in [-0.15, -0.1) is 0 Å². The summed E-state index contributed by atoms with van der Waals surface area (Å²) < 4.78 is 13.2. The summed E-state index contributed by atoms with van der Waals surface area (Å²) in [5, 5.41) is 0. The van der Waals surface area contributed by atoms with E-state index in [1.54, 1.807) is 12.1 Å². The van der Waals surface area contributed by atoms with Gasteiger partial charge in [-0.2, -0.15) is 0 Å². The van der Waals surface area contributed by atoms with Crippen LogP contribution in [0, 0.1) is 5.82 Å². The molecule has 14 heavy (non-hydrogen) atoms. The molecule has 76 valence electrons. The van der Waals surface area contributed by atoms with Crippen molar-refractivity contribution in [1.82, 2.24) is 4.90 Å². The van der Waals surface area contributed by atoms with Gasteiger partial charge in [0.25, 0.3) is 0 Å². The maximum absolute atomic E-state index is 13.2. The van der Waals surface area contributed by atoms with E-state index >= 15 is 0 Å². The molecule has 3 heteroatoms. The average molecular weight is 194 g/mol. The van der Waals surface area contributed by atoms with Gasteiger partial charge in [-0.3, -0.25) is 4.90 Å². The Hall–Kier alpha value is -1.09. The summed E-state index contributed by atoms with van der Waals surface area (Å²) in [7, 11) is 2.08. The molecule has 1 heterocycles. The molecule has 2 rings (SSSR count). The highest BCUT2D eigenvalue weighted by atomic mass is 19.1. The molecule has 0 aromatic heterocycles. The standard InChI is InChI=1S/C11H15FN2/c1-14-6-2-3-11(14)8-4-5-10(13)9(12)7-8/h4-5,7,11H,2-3,6,13H2,1H3. The molecular formula is C11H15FN2. The quantitative estimate of drug-likeness (QED) is 0.694. The van der Waals surface area contributed by atoms with Gasteiger partial charge in [0, 0.05) is 6.04 Å². The van der Waals surface area contributed by atoms with Crippen molar-refractivity contribution in [2.24, 2.45) is 0 Å². The normalized spacial score (nSPS) is 22.9. The molecule has 2 N–H and O–H groups in total. The Kier molecular flexibility index (Phi) is 2.42. The van der Waals surface area contributed by atoms with Crippen LogP contribution in [-0.2, 0) is 0 Å². The summed E-state index contributed by atoms with van der Waals surface area (Å²) in [5.41, 5.74) is 6.70. The minimum atomic E-state index is -0.303. The molecular weight excluding hydrogens is 179 g/mol. The predicted molar refractivity (Wildman–Crippen MR) is 55.4 cm³/mol. The number of rotatable bonds is 1. The van der Waals surface area contributed by atoms with E-state index in [2.05, 4.69) is 11.9 Å². The Labute approximate surface area is 83.5 Å². The third-order valence-corrected chi connectivity index (χ3v) is 2.93. The maximum Gasteiger partial charge on any atom is 0.146 e. The highest BCUT2D eigenvalue weighted by Gasteiger charge is 2.22. The van der Waals surface area contributed by atoms with E-state index in [4.69, 9.17) is 5.73 Å². The first-order valence-electron chi connectivity index (χ1n) is 4.93. The van der Waals surface area contributed by atoms with Crippen LogP contribution in [-0.4, -0.2) is 18.5 Å². The molecule has 0 amide bonds. The van der Waals surface area contributed by atoms with Crippen molar-refractivity contribution in [1.29, 1.82) is 0 Å². The molecule has 0 bridgehead atoms. The lowest BCUT2D eigenvalue weighted by Gasteiger charge is -2.19. The van der Waals surface area contributed by atoms with Crippen LogP contribution in [0.3, 0.4) is 0 Å². The molecule has 1 aromatic carbocycles. The van der Waals surface area contributed by atoms with Gasteiger partial charge in [0.15, 0.2) is 0 Å². The van der Waals surface area contributed by atoms with Crippen LogP contribution in [0.25, 0.3) is 0 Å². The van der Waals surface area contributed by atoms with Gasteiger partial charge < -0.3 is 5.73 Å². The Bertz CT molecular complexity index is 338. The molecule has 1 aliphatic rings. The molecule has 1 atom stereocenters. The molecule has 1 aromatic rings. The predicted octanol–water partition coefficient (Wildman–Crippen LogP) is 2.17. The van der Waals surface area contributed by atoms with Crippen molar-refractivity contribution in [3.63, 3.8) is 0 Å². The Morgan fingerprint density at radius 3 is 2.86 bits per heavy atom. The zero-order valence-corrected chi connectivity index (χ0v) is 8.33. The van der Waals surface area contributed by atoms with Gasteiger partial charge >= 0.3 is 0 Å². The molecule has 1 fully saturated rings. The second-order valence-corrected chi connectivity index (χ2v) is 3.92. The number of benzene rings is 1. The number of nitrogens with two attached hydrogens (primary N) is 1. The number of nitrogens with zero attached hydrogens (tertiary/aromatic N) is 1. The molecule has 1 saturated heterocycles. The average Bonchev–Trinajstić information content (AvgIpc) is 2.57. The third kappa shape index (κ3) is 1.60. The minimum Gasteiger partial charge on any atom is -0.396 e. The largest absolute Gasteiger partial charge is 0.396 e. The van der Waals surface area contributed by atoms with E-state index in [-0.39, 0.29) is 11.5 Å². The summed E-state index contributed by atoms with van der Waals surface area (Å²) in [4.78, 5) is 2.25. The third-order valence-electron chi connectivity index (χ3n) is 2.93. The van der Waals surface area contributed by atoms with Crippen LogP contribution in [0.1, 0.15) is 24.4 Å². The zero-order chi connectivity index (χ0) is 10.1. The van der Waals surface area contributed by atoms with Crippen LogP contribution in [0.15, 0.2) is 18.2 Å². The van der Waals surface area contributed by atoms with E-state index in [0.29, 0.717) is 6.04 Å². The summed E-state index contributed by atoms with van der Waals surface area (Å²) in [6.07, 6.45) is 2.30. The van der Waals surface area contributed by atoms with Gasteiger partial charge in [-0.05, 0) is 44.1 Å². The zero-order valence-electron chi connectivity index (χ0n) is 8.33. The van der Waals surface area contributed by atoms with E-state index in [0.717, 1.165) is 18.5 Å². The summed E-state index contributed by atoms with van der Waals surface area (Å²) in [5.74, 6) is -0.303. The lowest BCUT2D eigenvalue weighted by atomic mass is 10.0. The summed E-state index contributed by atoms with van der Waals surface area (Å²) in [6, 6.07) is 5.49. The monoisotopic (exact) mass is 194 g/mol. The maximum atomic E-state index is 13.2. The molecule has 1 unspecified atom stereocenters. The van der Waals surface area contributed by atoms with Gasteiger partial charge in [-0.1, -0.05) is 6.07 Å². The van der Waals surface area contributed by atoms with E-state index in [1.807, 2.05) is 6.07 Å². The molecule has 1 aliphatic heterocycles. The Morgan fingerprint density at radius 1 is 1.50 bits per heavy atom. The second-order valence-electron chi connectivity index (χ2n) is 3.92. The Balaban J connectivity index is 2.28. The number of anilines is 1.